The van der Waals surface area contributed by atoms with E-state index in [4.69, 9.17) is 19.3 Å². The third-order valence-corrected chi connectivity index (χ3v) is 8.71. The molecule has 0 radical (unpaired) electrons. The van der Waals surface area contributed by atoms with Gasteiger partial charge in [-0.2, -0.15) is 0 Å². The van der Waals surface area contributed by atoms with Crippen molar-refractivity contribution in [3.63, 3.8) is 0 Å². The molecule has 0 saturated carbocycles. The molecule has 0 unspecified atom stereocenters. The molecule has 2 aromatic rings. The van der Waals surface area contributed by atoms with Gasteiger partial charge in [-0.3, -0.25) is 4.79 Å². The minimum atomic E-state index is -0.653. The van der Waals surface area contributed by atoms with Crippen molar-refractivity contribution in [2.75, 3.05) is 26.5 Å². The minimum Gasteiger partial charge on any atom is -0.493 e. The molecule has 6 nitrogen and oxygen atoms in total. The average molecular weight is 614 g/mol. The number of fused-ring (bicyclic) bond motifs is 1. The van der Waals surface area contributed by atoms with E-state index in [1.54, 1.807) is 0 Å². The lowest BCUT2D eigenvalue weighted by atomic mass is 9.81. The maximum absolute atomic E-state index is 13.2. The molecule has 7 heteroatoms. The monoisotopic (exact) mass is 613 g/mol. The van der Waals surface area contributed by atoms with Crippen molar-refractivity contribution in [1.82, 2.24) is 5.32 Å². The summed E-state index contributed by atoms with van der Waals surface area (Å²) in [6, 6.07) is 12.5. The van der Waals surface area contributed by atoms with Crippen LogP contribution in [0.3, 0.4) is 0 Å². The van der Waals surface area contributed by atoms with Crippen molar-refractivity contribution in [1.29, 1.82) is 0 Å². The molecular formula is C37H56FNO5. The topological polar surface area (TPSA) is 77.0 Å². The summed E-state index contributed by atoms with van der Waals surface area (Å²) in [7, 11) is 0. The smallest absolute Gasteiger partial charge is 0.303 e. The van der Waals surface area contributed by atoms with E-state index in [-0.39, 0.29) is 12.6 Å². The fourth-order valence-electron chi connectivity index (χ4n) is 6.06. The zero-order chi connectivity index (χ0) is 31.2. The molecule has 2 aromatic carbocycles. The molecule has 1 saturated heterocycles. The van der Waals surface area contributed by atoms with E-state index in [0.717, 1.165) is 49.6 Å². The fraction of sp³-hybridized carbons (Fsp3) is 0.649. The van der Waals surface area contributed by atoms with Crippen LogP contribution in [0.4, 0.5) is 4.39 Å². The van der Waals surface area contributed by atoms with E-state index in [9.17, 15) is 9.18 Å². The maximum atomic E-state index is 13.2. The molecule has 2 atom stereocenters. The second-order valence-electron chi connectivity index (χ2n) is 12.3. The van der Waals surface area contributed by atoms with Gasteiger partial charge in [0.1, 0.15) is 11.6 Å². The lowest BCUT2D eigenvalue weighted by molar-refractivity contribution is -0.137. The number of piperidine rings is 1. The van der Waals surface area contributed by atoms with Gasteiger partial charge in [0, 0.05) is 24.9 Å². The molecule has 0 amide bonds. The Kier molecular flexibility index (Phi) is 17.7. The van der Waals surface area contributed by atoms with E-state index < -0.39 is 5.97 Å². The van der Waals surface area contributed by atoms with Crippen LogP contribution in [0, 0.1) is 11.7 Å². The number of halogens is 1. The van der Waals surface area contributed by atoms with Gasteiger partial charge in [-0.1, -0.05) is 109 Å². The second-order valence-corrected chi connectivity index (χ2v) is 12.3. The highest BCUT2D eigenvalue weighted by Crippen LogP contribution is 2.36. The number of hydrogen-bond donors (Lipinski definition) is 2. The lowest BCUT2D eigenvalue weighted by Crippen LogP contribution is -2.38. The van der Waals surface area contributed by atoms with Gasteiger partial charge in [0.2, 0.25) is 6.79 Å². The number of unbranched alkanes of at least 4 members (excludes halogenated alkanes) is 14. The minimum absolute atomic E-state index is 0.194. The number of rotatable bonds is 20. The molecule has 1 fully saturated rings. The summed E-state index contributed by atoms with van der Waals surface area (Å²) in [6.07, 6.45) is 21.2. The molecule has 0 aromatic heterocycles. The molecule has 0 bridgehead atoms. The van der Waals surface area contributed by atoms with Crippen molar-refractivity contribution >= 4 is 5.97 Å². The van der Waals surface area contributed by atoms with Crippen LogP contribution in [0.1, 0.15) is 128 Å². The molecule has 2 aliphatic rings. The predicted octanol–water partition coefficient (Wildman–Crippen LogP) is 9.66. The largest absolute Gasteiger partial charge is 0.493 e. The van der Waals surface area contributed by atoms with Crippen molar-refractivity contribution in [2.45, 2.75) is 122 Å². The third kappa shape index (κ3) is 14.3. The Morgan fingerprint density at radius 2 is 1.43 bits per heavy atom. The first-order valence-electron chi connectivity index (χ1n) is 17.3. The summed E-state index contributed by atoms with van der Waals surface area (Å²) in [5.74, 6) is 2.13. The van der Waals surface area contributed by atoms with E-state index in [0.29, 0.717) is 24.9 Å². The second kappa shape index (κ2) is 21.8. The van der Waals surface area contributed by atoms with E-state index >= 15 is 0 Å². The summed E-state index contributed by atoms with van der Waals surface area (Å²) >= 11 is 0. The van der Waals surface area contributed by atoms with E-state index in [1.165, 1.54) is 101 Å². The van der Waals surface area contributed by atoms with Crippen molar-refractivity contribution in [2.24, 2.45) is 5.92 Å². The van der Waals surface area contributed by atoms with Gasteiger partial charge in [0.15, 0.2) is 11.5 Å². The molecule has 2 aliphatic heterocycles. The van der Waals surface area contributed by atoms with Crippen LogP contribution in [0.15, 0.2) is 42.5 Å². The Bertz CT molecular complexity index is 1050. The van der Waals surface area contributed by atoms with Crippen LogP contribution in [0.2, 0.25) is 0 Å². The van der Waals surface area contributed by atoms with Gasteiger partial charge >= 0.3 is 5.97 Å². The Morgan fingerprint density at radius 3 is 2.05 bits per heavy atom. The highest BCUT2D eigenvalue weighted by Gasteiger charge is 2.27. The van der Waals surface area contributed by atoms with Crippen LogP contribution in [-0.2, 0) is 4.79 Å². The molecule has 0 spiro atoms. The molecule has 246 valence electrons. The first kappa shape index (κ1) is 35.7. The van der Waals surface area contributed by atoms with Gasteiger partial charge in [-0.15, -0.1) is 0 Å². The zero-order valence-corrected chi connectivity index (χ0v) is 27.0. The SMILES string of the molecule is CCCCCCCCCCCCCCCCCC(=O)O.Fc1ccc([C@@H]2CCNC[C@H]2COc2ccc3c(c2)OCO3)cc1. The van der Waals surface area contributed by atoms with Crippen LogP contribution in [0.25, 0.3) is 0 Å². The number of ether oxygens (including phenoxy) is 3. The van der Waals surface area contributed by atoms with Crippen LogP contribution < -0.4 is 19.5 Å². The van der Waals surface area contributed by atoms with Gasteiger partial charge in [-0.05, 0) is 55.1 Å². The van der Waals surface area contributed by atoms with E-state index in [2.05, 4.69) is 12.2 Å². The van der Waals surface area contributed by atoms with Gasteiger partial charge in [0.25, 0.3) is 0 Å². The van der Waals surface area contributed by atoms with Crippen LogP contribution >= 0.6 is 0 Å². The number of hydrogen-bond acceptors (Lipinski definition) is 5. The summed E-state index contributed by atoms with van der Waals surface area (Å²) in [5, 5.41) is 11.9. The number of carbonyl (C=O) groups is 1. The summed E-state index contributed by atoms with van der Waals surface area (Å²) < 4.78 is 29.9. The zero-order valence-electron chi connectivity index (χ0n) is 27.0. The lowest BCUT2D eigenvalue weighted by Gasteiger charge is -2.32. The molecule has 4 rings (SSSR count). The molecule has 2 heterocycles. The quantitative estimate of drug-likeness (QED) is 0.145. The Balaban J connectivity index is 0.000000246. The molecule has 0 aliphatic carbocycles. The predicted molar refractivity (Wildman–Crippen MR) is 175 cm³/mol. The van der Waals surface area contributed by atoms with E-state index in [1.807, 2.05) is 30.3 Å². The number of carboxylic acid groups (broad SMARTS) is 1. The third-order valence-electron chi connectivity index (χ3n) is 8.71. The van der Waals surface area contributed by atoms with Crippen molar-refractivity contribution in [3.05, 3.63) is 53.8 Å². The van der Waals surface area contributed by atoms with Gasteiger partial charge in [0.05, 0.1) is 6.61 Å². The molecule has 2 N–H and O–H groups in total. The standard InChI is InChI=1S/C19H20FNO3.C18H36O2/c20-15-3-1-13(2-4-15)17-7-8-21-10-14(17)11-22-16-5-6-18-19(9-16)24-12-23-18;1-2-3-4-5-6-7-8-9-10-11-12-13-14-15-16-17-18(19)20/h1-6,9,14,17,21H,7-8,10-12H2;2-17H2,1H3,(H,19,20)/t14-,17-;/m0./s1. The number of carboxylic acids is 1. The van der Waals surface area contributed by atoms with Crippen molar-refractivity contribution in [3.8, 4) is 17.2 Å². The molecular weight excluding hydrogens is 557 g/mol. The Labute approximate surface area is 265 Å². The maximum Gasteiger partial charge on any atom is 0.303 e. The normalized spacial score (nSPS) is 17.1. The van der Waals surface area contributed by atoms with Crippen LogP contribution in [-0.4, -0.2) is 37.6 Å². The first-order valence-corrected chi connectivity index (χ1v) is 17.3. The summed E-state index contributed by atoms with van der Waals surface area (Å²) in [6.45, 7) is 5.01. The summed E-state index contributed by atoms with van der Waals surface area (Å²) in [4.78, 5) is 10.3. The first-order chi connectivity index (χ1) is 21.6. The molecule has 44 heavy (non-hydrogen) atoms. The highest BCUT2D eigenvalue weighted by atomic mass is 19.1. The number of aliphatic carboxylic acids is 1. The van der Waals surface area contributed by atoms with Gasteiger partial charge < -0.3 is 24.6 Å². The van der Waals surface area contributed by atoms with Crippen molar-refractivity contribution < 1.29 is 28.5 Å². The summed E-state index contributed by atoms with van der Waals surface area (Å²) in [5.41, 5.74) is 1.18. The van der Waals surface area contributed by atoms with Gasteiger partial charge in [-0.25, -0.2) is 4.39 Å². The highest BCUT2D eigenvalue weighted by molar-refractivity contribution is 5.66. The van der Waals surface area contributed by atoms with Crippen LogP contribution in [0.5, 0.6) is 17.2 Å². The number of benzene rings is 2. The number of nitrogens with one attached hydrogen (secondary N) is 1. The average Bonchev–Trinajstić information content (AvgIpc) is 3.51. The Hall–Kier alpha value is -2.80. The fourth-order valence-corrected chi connectivity index (χ4v) is 6.06. The Morgan fingerprint density at radius 1 is 0.841 bits per heavy atom.